The first kappa shape index (κ1) is 16.4. The molecule has 0 amide bonds. The molecule has 1 aliphatic rings. The monoisotopic (exact) mass is 304 g/mol. The fourth-order valence-electron chi connectivity index (χ4n) is 2.74. The Morgan fingerprint density at radius 1 is 1.43 bits per heavy atom. The molecule has 0 saturated carbocycles. The Balaban J connectivity index is 1.74. The van der Waals surface area contributed by atoms with Crippen molar-refractivity contribution in [1.82, 2.24) is 10.2 Å². The maximum atomic E-state index is 12.3. The van der Waals surface area contributed by atoms with E-state index in [4.69, 9.17) is 4.42 Å². The van der Waals surface area contributed by atoms with Crippen LogP contribution in [0, 0.1) is 5.92 Å². The summed E-state index contributed by atoms with van der Waals surface area (Å²) in [7, 11) is 0. The molecule has 0 aromatic carbocycles. The standard InChI is InChI=1S/C15H23F3N2O/c1-3-13-4-5-14(21-13)11(2)19-8-12-6-7-20(9-12)10-15(16,17)18/h4-5,11-12,19H,3,6-10H2,1-2H3/t11-,12+/m1/s1. The number of hydrogen-bond acceptors (Lipinski definition) is 3. The Hall–Kier alpha value is -1.01. The van der Waals surface area contributed by atoms with E-state index >= 15 is 0 Å². The zero-order chi connectivity index (χ0) is 15.5. The van der Waals surface area contributed by atoms with Gasteiger partial charge in [-0.1, -0.05) is 6.92 Å². The molecule has 0 radical (unpaired) electrons. The minimum atomic E-state index is -4.10. The number of nitrogens with one attached hydrogen (secondary N) is 1. The highest BCUT2D eigenvalue weighted by Crippen LogP contribution is 2.23. The third kappa shape index (κ3) is 5.04. The van der Waals surface area contributed by atoms with Gasteiger partial charge in [0.15, 0.2) is 0 Å². The topological polar surface area (TPSA) is 28.4 Å². The summed E-state index contributed by atoms with van der Waals surface area (Å²) in [4.78, 5) is 1.49. The van der Waals surface area contributed by atoms with Crippen LogP contribution in [0.5, 0.6) is 0 Å². The molecule has 1 N–H and O–H groups in total. The Labute approximate surface area is 123 Å². The average Bonchev–Trinajstić information content (AvgIpc) is 3.02. The van der Waals surface area contributed by atoms with Crippen molar-refractivity contribution in [2.24, 2.45) is 5.92 Å². The Morgan fingerprint density at radius 2 is 2.19 bits per heavy atom. The van der Waals surface area contributed by atoms with Crippen molar-refractivity contribution in [3.8, 4) is 0 Å². The van der Waals surface area contributed by atoms with Crippen LogP contribution in [0.2, 0.25) is 0 Å². The van der Waals surface area contributed by atoms with Gasteiger partial charge in [-0.3, -0.25) is 4.90 Å². The van der Waals surface area contributed by atoms with E-state index in [0.29, 0.717) is 13.1 Å². The van der Waals surface area contributed by atoms with Gasteiger partial charge in [0.1, 0.15) is 11.5 Å². The van der Waals surface area contributed by atoms with Crippen molar-refractivity contribution in [3.63, 3.8) is 0 Å². The molecule has 21 heavy (non-hydrogen) atoms. The molecule has 2 rings (SSSR count). The lowest BCUT2D eigenvalue weighted by atomic mass is 10.1. The zero-order valence-electron chi connectivity index (χ0n) is 12.5. The van der Waals surface area contributed by atoms with Crippen LogP contribution >= 0.6 is 0 Å². The van der Waals surface area contributed by atoms with Gasteiger partial charge in [0.25, 0.3) is 0 Å². The normalized spacial score (nSPS) is 21.9. The van der Waals surface area contributed by atoms with E-state index in [-0.39, 0.29) is 12.0 Å². The quantitative estimate of drug-likeness (QED) is 0.873. The molecule has 0 spiro atoms. The summed E-state index contributed by atoms with van der Waals surface area (Å²) in [6.45, 7) is 5.02. The number of hydrogen-bond donors (Lipinski definition) is 1. The van der Waals surface area contributed by atoms with Crippen LogP contribution in [0.25, 0.3) is 0 Å². The molecule has 1 saturated heterocycles. The van der Waals surface area contributed by atoms with Crippen LogP contribution in [0.4, 0.5) is 13.2 Å². The second-order valence-corrected chi connectivity index (χ2v) is 5.79. The number of halogens is 3. The molecule has 1 aromatic heterocycles. The van der Waals surface area contributed by atoms with Crippen molar-refractivity contribution >= 4 is 0 Å². The molecule has 2 heterocycles. The molecular weight excluding hydrogens is 281 g/mol. The predicted octanol–water partition coefficient (Wildman–Crippen LogP) is 3.38. The maximum Gasteiger partial charge on any atom is 0.401 e. The number of likely N-dealkylation sites (tertiary alicyclic amines) is 1. The summed E-state index contributed by atoms with van der Waals surface area (Å²) in [5, 5.41) is 3.36. The van der Waals surface area contributed by atoms with Gasteiger partial charge < -0.3 is 9.73 Å². The van der Waals surface area contributed by atoms with Crippen molar-refractivity contribution in [2.45, 2.75) is 38.9 Å². The van der Waals surface area contributed by atoms with E-state index in [1.807, 2.05) is 26.0 Å². The fraction of sp³-hybridized carbons (Fsp3) is 0.733. The number of nitrogens with zero attached hydrogens (tertiary/aromatic N) is 1. The van der Waals surface area contributed by atoms with Gasteiger partial charge in [-0.15, -0.1) is 0 Å². The van der Waals surface area contributed by atoms with Gasteiger partial charge >= 0.3 is 6.18 Å². The summed E-state index contributed by atoms with van der Waals surface area (Å²) < 4.78 is 42.7. The molecule has 120 valence electrons. The highest BCUT2D eigenvalue weighted by atomic mass is 19.4. The zero-order valence-corrected chi connectivity index (χ0v) is 12.5. The van der Waals surface area contributed by atoms with Gasteiger partial charge in [0.2, 0.25) is 0 Å². The molecule has 0 aliphatic carbocycles. The van der Waals surface area contributed by atoms with Gasteiger partial charge in [0, 0.05) is 13.0 Å². The van der Waals surface area contributed by atoms with Crippen LogP contribution in [0.15, 0.2) is 16.5 Å². The van der Waals surface area contributed by atoms with E-state index in [2.05, 4.69) is 5.32 Å². The van der Waals surface area contributed by atoms with Crippen LogP contribution in [0.3, 0.4) is 0 Å². The number of aryl methyl sites for hydroxylation is 1. The van der Waals surface area contributed by atoms with Crippen LogP contribution < -0.4 is 5.32 Å². The second-order valence-electron chi connectivity index (χ2n) is 5.79. The first-order chi connectivity index (χ1) is 9.87. The minimum Gasteiger partial charge on any atom is -0.464 e. The molecular formula is C15H23F3N2O. The van der Waals surface area contributed by atoms with Gasteiger partial charge in [-0.2, -0.15) is 13.2 Å². The molecule has 2 atom stereocenters. The fourth-order valence-corrected chi connectivity index (χ4v) is 2.74. The number of furan rings is 1. The molecule has 0 unspecified atom stereocenters. The van der Waals surface area contributed by atoms with Crippen LogP contribution in [-0.2, 0) is 6.42 Å². The Kier molecular flexibility index (Phi) is 5.32. The lowest BCUT2D eigenvalue weighted by Crippen LogP contribution is -2.34. The van der Waals surface area contributed by atoms with Crippen molar-refractivity contribution in [1.29, 1.82) is 0 Å². The maximum absolute atomic E-state index is 12.3. The van der Waals surface area contributed by atoms with Crippen molar-refractivity contribution < 1.29 is 17.6 Å². The molecule has 1 aromatic rings. The predicted molar refractivity (Wildman–Crippen MR) is 75.1 cm³/mol. The molecule has 3 nitrogen and oxygen atoms in total. The van der Waals surface area contributed by atoms with E-state index in [0.717, 1.165) is 30.9 Å². The molecule has 1 fully saturated rings. The summed E-state index contributed by atoms with van der Waals surface area (Å²) in [5.41, 5.74) is 0. The van der Waals surface area contributed by atoms with E-state index in [1.54, 1.807) is 0 Å². The number of alkyl halides is 3. The van der Waals surface area contributed by atoms with E-state index in [9.17, 15) is 13.2 Å². The minimum absolute atomic E-state index is 0.0852. The van der Waals surface area contributed by atoms with Crippen LogP contribution in [-0.4, -0.2) is 37.3 Å². The summed E-state index contributed by atoms with van der Waals surface area (Å²) in [5.74, 6) is 2.11. The first-order valence-corrected chi connectivity index (χ1v) is 7.48. The van der Waals surface area contributed by atoms with Crippen LogP contribution in [0.1, 0.15) is 37.8 Å². The molecule has 0 bridgehead atoms. The third-order valence-electron chi connectivity index (χ3n) is 3.94. The SMILES string of the molecule is CCc1ccc([C@@H](C)NC[C@@H]2CCN(CC(F)(F)F)C2)o1. The van der Waals surface area contributed by atoms with Crippen molar-refractivity contribution in [2.75, 3.05) is 26.2 Å². The van der Waals surface area contributed by atoms with Gasteiger partial charge in [-0.25, -0.2) is 0 Å². The largest absolute Gasteiger partial charge is 0.464 e. The van der Waals surface area contributed by atoms with E-state index < -0.39 is 12.7 Å². The molecule has 1 aliphatic heterocycles. The summed E-state index contributed by atoms with van der Waals surface area (Å²) in [6.07, 6.45) is -2.42. The Bertz CT molecular complexity index is 444. The smallest absolute Gasteiger partial charge is 0.401 e. The lowest BCUT2D eigenvalue weighted by Gasteiger charge is -2.19. The lowest BCUT2D eigenvalue weighted by molar-refractivity contribution is -0.143. The highest BCUT2D eigenvalue weighted by Gasteiger charge is 2.34. The summed E-state index contributed by atoms with van der Waals surface area (Å²) >= 11 is 0. The van der Waals surface area contributed by atoms with Gasteiger partial charge in [0.05, 0.1) is 12.6 Å². The highest BCUT2D eigenvalue weighted by molar-refractivity contribution is 5.10. The second kappa shape index (κ2) is 6.83. The summed E-state index contributed by atoms with van der Waals surface area (Å²) in [6, 6.07) is 4.01. The Morgan fingerprint density at radius 3 is 2.81 bits per heavy atom. The molecule has 6 heteroatoms. The van der Waals surface area contributed by atoms with Crippen molar-refractivity contribution in [3.05, 3.63) is 23.7 Å². The van der Waals surface area contributed by atoms with Gasteiger partial charge in [-0.05, 0) is 44.5 Å². The first-order valence-electron chi connectivity index (χ1n) is 7.48. The average molecular weight is 304 g/mol. The third-order valence-corrected chi connectivity index (χ3v) is 3.94. The number of rotatable bonds is 6. The van der Waals surface area contributed by atoms with E-state index in [1.165, 1.54) is 4.90 Å².